The first-order valence-electron chi connectivity index (χ1n) is 7.40. The summed E-state index contributed by atoms with van der Waals surface area (Å²) in [7, 11) is 0. The number of nitrogens with zero attached hydrogens (tertiary/aromatic N) is 1. The van der Waals surface area contributed by atoms with E-state index in [1.165, 1.54) is 0 Å². The van der Waals surface area contributed by atoms with Crippen molar-refractivity contribution >= 4 is 34.0 Å². The predicted molar refractivity (Wildman–Crippen MR) is 88.8 cm³/mol. The molecule has 1 aliphatic heterocycles. The van der Waals surface area contributed by atoms with E-state index >= 15 is 0 Å². The van der Waals surface area contributed by atoms with Crippen molar-refractivity contribution < 1.29 is 14.3 Å². The first-order chi connectivity index (χ1) is 11.1. The highest BCUT2D eigenvalue weighted by atomic mass is 32.1. The van der Waals surface area contributed by atoms with E-state index in [9.17, 15) is 9.59 Å². The number of aryl methyl sites for hydroxylation is 1. The van der Waals surface area contributed by atoms with Crippen molar-refractivity contribution in [2.75, 3.05) is 17.2 Å². The number of nitrogens with one attached hydrogen (secondary N) is 2. The van der Waals surface area contributed by atoms with Crippen LogP contribution in [0, 0.1) is 6.92 Å². The van der Waals surface area contributed by atoms with E-state index in [-0.39, 0.29) is 11.8 Å². The second kappa shape index (κ2) is 6.89. The van der Waals surface area contributed by atoms with Crippen LogP contribution in [0.4, 0.5) is 10.8 Å². The Morgan fingerprint density at radius 1 is 1.26 bits per heavy atom. The minimum Gasteiger partial charge on any atom is -0.368 e. The van der Waals surface area contributed by atoms with Crippen molar-refractivity contribution in [1.29, 1.82) is 0 Å². The molecule has 3 rings (SSSR count). The van der Waals surface area contributed by atoms with Crippen molar-refractivity contribution in [3.05, 3.63) is 40.9 Å². The van der Waals surface area contributed by atoms with Gasteiger partial charge < -0.3 is 10.1 Å². The monoisotopic (exact) mass is 331 g/mol. The topological polar surface area (TPSA) is 80.3 Å². The van der Waals surface area contributed by atoms with E-state index in [0.717, 1.165) is 29.9 Å². The fourth-order valence-corrected chi connectivity index (χ4v) is 3.20. The molecule has 0 bridgehead atoms. The average Bonchev–Trinajstić information content (AvgIpc) is 3.18. The lowest BCUT2D eigenvalue weighted by Crippen LogP contribution is -2.26. The standard InChI is InChI=1S/C16H17N3O3S/c1-10-13(15(21)18-11-6-3-2-4-7-11)23-16(17-10)19-14(20)12-8-5-9-22-12/h2-4,6-7,12H,5,8-9H2,1H3,(H,18,21)(H,17,19,20). The van der Waals surface area contributed by atoms with Gasteiger partial charge in [-0.1, -0.05) is 29.5 Å². The number of carbonyl (C=O) groups excluding carboxylic acids is 2. The Labute approximate surface area is 137 Å². The molecule has 0 aliphatic carbocycles. The fourth-order valence-electron chi connectivity index (χ4n) is 2.34. The van der Waals surface area contributed by atoms with Crippen molar-refractivity contribution in [2.24, 2.45) is 0 Å². The highest BCUT2D eigenvalue weighted by Crippen LogP contribution is 2.24. The van der Waals surface area contributed by atoms with Gasteiger partial charge in [-0.3, -0.25) is 14.9 Å². The number of para-hydroxylation sites is 1. The second-order valence-electron chi connectivity index (χ2n) is 5.24. The van der Waals surface area contributed by atoms with Gasteiger partial charge in [0.1, 0.15) is 11.0 Å². The van der Waals surface area contributed by atoms with E-state index < -0.39 is 6.10 Å². The van der Waals surface area contributed by atoms with Crippen molar-refractivity contribution in [1.82, 2.24) is 4.98 Å². The molecule has 2 N–H and O–H groups in total. The zero-order chi connectivity index (χ0) is 16.2. The summed E-state index contributed by atoms with van der Waals surface area (Å²) in [5, 5.41) is 5.96. The predicted octanol–water partition coefficient (Wildman–Crippen LogP) is 2.82. The second-order valence-corrected chi connectivity index (χ2v) is 6.24. The molecule has 0 radical (unpaired) electrons. The summed E-state index contributed by atoms with van der Waals surface area (Å²) >= 11 is 1.16. The van der Waals surface area contributed by atoms with Crippen LogP contribution >= 0.6 is 11.3 Å². The Morgan fingerprint density at radius 2 is 2.04 bits per heavy atom. The van der Waals surface area contributed by atoms with Gasteiger partial charge in [0, 0.05) is 12.3 Å². The van der Waals surface area contributed by atoms with Crippen molar-refractivity contribution in [3.8, 4) is 0 Å². The molecule has 120 valence electrons. The number of rotatable bonds is 4. The Balaban J connectivity index is 1.68. The summed E-state index contributed by atoms with van der Waals surface area (Å²) in [6, 6.07) is 9.21. The number of anilines is 2. The summed E-state index contributed by atoms with van der Waals surface area (Å²) in [6.07, 6.45) is 1.19. The zero-order valence-corrected chi connectivity index (χ0v) is 13.5. The van der Waals surface area contributed by atoms with Gasteiger partial charge in [0.05, 0.1) is 5.69 Å². The van der Waals surface area contributed by atoms with Crippen LogP contribution in [0.1, 0.15) is 28.2 Å². The quantitative estimate of drug-likeness (QED) is 0.903. The number of ether oxygens (including phenoxy) is 1. The van der Waals surface area contributed by atoms with Crippen LogP contribution < -0.4 is 10.6 Å². The van der Waals surface area contributed by atoms with Crippen LogP contribution in [0.15, 0.2) is 30.3 Å². The van der Waals surface area contributed by atoms with Crippen molar-refractivity contribution in [2.45, 2.75) is 25.9 Å². The van der Waals surface area contributed by atoms with Crippen LogP contribution in [-0.4, -0.2) is 29.5 Å². The van der Waals surface area contributed by atoms with Gasteiger partial charge >= 0.3 is 0 Å². The summed E-state index contributed by atoms with van der Waals surface area (Å²) in [6.45, 7) is 2.36. The van der Waals surface area contributed by atoms with Crippen LogP contribution in [0.5, 0.6) is 0 Å². The lowest BCUT2D eigenvalue weighted by atomic mass is 10.2. The molecule has 2 heterocycles. The number of amides is 2. The SMILES string of the molecule is Cc1nc(NC(=O)C2CCCO2)sc1C(=O)Nc1ccccc1. The number of hydrogen-bond acceptors (Lipinski definition) is 5. The van der Waals surface area contributed by atoms with Gasteiger partial charge in [-0.05, 0) is 31.9 Å². The molecular weight excluding hydrogens is 314 g/mol. The molecule has 1 saturated heterocycles. The highest BCUT2D eigenvalue weighted by Gasteiger charge is 2.25. The number of thiazole rings is 1. The molecule has 0 saturated carbocycles. The molecule has 7 heteroatoms. The summed E-state index contributed by atoms with van der Waals surface area (Å²) in [5.41, 5.74) is 1.31. The third-order valence-electron chi connectivity index (χ3n) is 3.49. The summed E-state index contributed by atoms with van der Waals surface area (Å²) in [4.78, 5) is 29.1. The molecular formula is C16H17N3O3S. The smallest absolute Gasteiger partial charge is 0.267 e. The van der Waals surface area contributed by atoms with E-state index in [4.69, 9.17) is 4.74 Å². The third kappa shape index (κ3) is 3.75. The van der Waals surface area contributed by atoms with Gasteiger partial charge in [0.2, 0.25) is 0 Å². The van der Waals surface area contributed by atoms with Gasteiger partial charge in [-0.25, -0.2) is 4.98 Å². The first kappa shape index (κ1) is 15.6. The molecule has 1 fully saturated rings. The maximum atomic E-state index is 12.3. The molecule has 1 aromatic carbocycles. The van der Waals surface area contributed by atoms with Crippen LogP contribution in [-0.2, 0) is 9.53 Å². The van der Waals surface area contributed by atoms with Crippen molar-refractivity contribution in [3.63, 3.8) is 0 Å². The number of carbonyl (C=O) groups is 2. The lowest BCUT2D eigenvalue weighted by Gasteiger charge is -2.07. The molecule has 1 aromatic heterocycles. The maximum Gasteiger partial charge on any atom is 0.267 e. The molecule has 1 unspecified atom stereocenters. The number of aromatic nitrogens is 1. The van der Waals surface area contributed by atoms with Crippen LogP contribution in [0.25, 0.3) is 0 Å². The van der Waals surface area contributed by atoms with E-state index in [1.807, 2.05) is 30.3 Å². The Bertz CT molecular complexity index is 709. The molecule has 6 nitrogen and oxygen atoms in total. The lowest BCUT2D eigenvalue weighted by molar-refractivity contribution is -0.124. The van der Waals surface area contributed by atoms with E-state index in [1.54, 1.807) is 6.92 Å². The third-order valence-corrected chi connectivity index (χ3v) is 4.56. The Hall–Kier alpha value is -2.25. The first-order valence-corrected chi connectivity index (χ1v) is 8.21. The normalized spacial score (nSPS) is 17.0. The largest absolute Gasteiger partial charge is 0.368 e. The molecule has 0 spiro atoms. The zero-order valence-electron chi connectivity index (χ0n) is 12.7. The van der Waals surface area contributed by atoms with Crippen LogP contribution in [0.2, 0.25) is 0 Å². The molecule has 1 atom stereocenters. The molecule has 2 amide bonds. The summed E-state index contributed by atoms with van der Waals surface area (Å²) in [5.74, 6) is -0.435. The van der Waals surface area contributed by atoms with Gasteiger partial charge in [0.15, 0.2) is 5.13 Å². The molecule has 2 aromatic rings. The van der Waals surface area contributed by atoms with E-state index in [2.05, 4.69) is 15.6 Å². The van der Waals surface area contributed by atoms with Gasteiger partial charge in [-0.15, -0.1) is 0 Å². The molecule has 1 aliphatic rings. The minimum absolute atomic E-state index is 0.203. The van der Waals surface area contributed by atoms with Gasteiger partial charge in [-0.2, -0.15) is 0 Å². The Kier molecular flexibility index (Phi) is 4.68. The minimum atomic E-state index is -0.416. The number of hydrogen-bond donors (Lipinski definition) is 2. The highest BCUT2D eigenvalue weighted by molar-refractivity contribution is 7.17. The number of benzene rings is 1. The average molecular weight is 331 g/mol. The molecule has 23 heavy (non-hydrogen) atoms. The van der Waals surface area contributed by atoms with Crippen LogP contribution in [0.3, 0.4) is 0 Å². The Morgan fingerprint density at radius 3 is 2.74 bits per heavy atom. The fraction of sp³-hybridized carbons (Fsp3) is 0.312. The summed E-state index contributed by atoms with van der Waals surface area (Å²) < 4.78 is 5.34. The van der Waals surface area contributed by atoms with E-state index in [0.29, 0.717) is 22.3 Å². The van der Waals surface area contributed by atoms with Gasteiger partial charge in [0.25, 0.3) is 11.8 Å². The maximum absolute atomic E-state index is 12.3.